The molecule has 0 saturated carbocycles. The SMILES string of the molecule is CCOc1ccccc1OCCNCCCCCN1C(=O)C2CCCCN2C1=O. The molecule has 2 saturated heterocycles. The number of carbonyl (C=O) groups is 2. The molecule has 2 heterocycles. The van der Waals surface area contributed by atoms with Gasteiger partial charge in [0, 0.05) is 19.6 Å². The van der Waals surface area contributed by atoms with Crippen molar-refractivity contribution < 1.29 is 19.1 Å². The Morgan fingerprint density at radius 2 is 1.83 bits per heavy atom. The van der Waals surface area contributed by atoms with Crippen molar-refractivity contribution >= 4 is 11.9 Å². The number of hydrogen-bond acceptors (Lipinski definition) is 5. The summed E-state index contributed by atoms with van der Waals surface area (Å²) in [5.41, 5.74) is 0. The monoisotopic (exact) mass is 403 g/mol. The molecule has 7 heteroatoms. The highest BCUT2D eigenvalue weighted by Crippen LogP contribution is 2.27. The van der Waals surface area contributed by atoms with Crippen LogP contribution in [0.3, 0.4) is 0 Å². The van der Waals surface area contributed by atoms with Crippen LogP contribution in [-0.2, 0) is 4.79 Å². The highest BCUT2D eigenvalue weighted by atomic mass is 16.5. The summed E-state index contributed by atoms with van der Waals surface area (Å²) in [5.74, 6) is 1.56. The number of amides is 3. The second kappa shape index (κ2) is 11.0. The Labute approximate surface area is 173 Å². The van der Waals surface area contributed by atoms with Crippen molar-refractivity contribution in [1.82, 2.24) is 15.1 Å². The standard InChI is InChI=1S/C22H33N3O4/c1-2-28-19-11-4-5-12-20(19)29-17-14-23-13-7-3-8-16-25-21(26)18-10-6-9-15-24(18)22(25)27/h4-5,11-12,18,23H,2-3,6-10,13-17H2,1H3. The first-order valence-corrected chi connectivity index (χ1v) is 10.9. The third kappa shape index (κ3) is 5.63. The zero-order valence-corrected chi connectivity index (χ0v) is 17.4. The maximum absolute atomic E-state index is 12.4. The summed E-state index contributed by atoms with van der Waals surface area (Å²) in [4.78, 5) is 28.0. The number of ether oxygens (including phenoxy) is 2. The largest absolute Gasteiger partial charge is 0.490 e. The van der Waals surface area contributed by atoms with Crippen LogP contribution >= 0.6 is 0 Å². The van der Waals surface area contributed by atoms with Crippen LogP contribution in [0, 0.1) is 0 Å². The molecule has 7 nitrogen and oxygen atoms in total. The number of hydrogen-bond donors (Lipinski definition) is 1. The molecule has 2 aliphatic heterocycles. The molecule has 29 heavy (non-hydrogen) atoms. The van der Waals surface area contributed by atoms with Gasteiger partial charge in [0.25, 0.3) is 5.91 Å². The van der Waals surface area contributed by atoms with Crippen LogP contribution in [0.5, 0.6) is 11.5 Å². The lowest BCUT2D eigenvalue weighted by atomic mass is 10.0. The predicted molar refractivity (Wildman–Crippen MR) is 111 cm³/mol. The van der Waals surface area contributed by atoms with Crippen molar-refractivity contribution in [1.29, 1.82) is 0 Å². The third-order valence-corrected chi connectivity index (χ3v) is 5.45. The van der Waals surface area contributed by atoms with Gasteiger partial charge in [0.2, 0.25) is 0 Å². The van der Waals surface area contributed by atoms with Gasteiger partial charge >= 0.3 is 6.03 Å². The fourth-order valence-corrected chi connectivity index (χ4v) is 3.95. The van der Waals surface area contributed by atoms with E-state index in [1.165, 1.54) is 4.90 Å². The van der Waals surface area contributed by atoms with Crippen LogP contribution in [0.1, 0.15) is 45.4 Å². The topological polar surface area (TPSA) is 71.1 Å². The molecule has 0 aliphatic carbocycles. The van der Waals surface area contributed by atoms with Gasteiger partial charge in [0.1, 0.15) is 12.6 Å². The van der Waals surface area contributed by atoms with Crippen molar-refractivity contribution in [2.75, 3.05) is 39.4 Å². The summed E-state index contributed by atoms with van der Waals surface area (Å²) in [6.45, 7) is 6.09. The first kappa shape index (κ1) is 21.4. The molecule has 1 aromatic carbocycles. The lowest BCUT2D eigenvalue weighted by Crippen LogP contribution is -2.39. The van der Waals surface area contributed by atoms with E-state index in [2.05, 4.69) is 5.32 Å². The highest BCUT2D eigenvalue weighted by Gasteiger charge is 2.45. The molecule has 3 rings (SSSR count). The Morgan fingerprint density at radius 3 is 2.59 bits per heavy atom. The lowest BCUT2D eigenvalue weighted by Gasteiger charge is -2.26. The van der Waals surface area contributed by atoms with Gasteiger partial charge < -0.3 is 19.7 Å². The van der Waals surface area contributed by atoms with Crippen LogP contribution in [-0.4, -0.2) is 67.2 Å². The van der Waals surface area contributed by atoms with E-state index in [0.717, 1.165) is 69.7 Å². The molecule has 2 aliphatic rings. The second-order valence-corrected chi connectivity index (χ2v) is 7.52. The number of piperidine rings is 1. The van der Waals surface area contributed by atoms with E-state index in [0.29, 0.717) is 19.8 Å². The second-order valence-electron chi connectivity index (χ2n) is 7.52. The van der Waals surface area contributed by atoms with Crippen LogP contribution in [0.4, 0.5) is 4.79 Å². The highest BCUT2D eigenvalue weighted by molar-refractivity contribution is 6.04. The molecule has 0 spiro atoms. The minimum Gasteiger partial charge on any atom is -0.490 e. The van der Waals surface area contributed by atoms with Crippen molar-refractivity contribution in [2.45, 2.75) is 51.5 Å². The summed E-state index contributed by atoms with van der Waals surface area (Å²) in [5, 5.41) is 3.37. The maximum atomic E-state index is 12.4. The number of fused-ring (bicyclic) bond motifs is 1. The Bertz CT molecular complexity index is 658. The zero-order valence-electron chi connectivity index (χ0n) is 17.4. The first-order chi connectivity index (χ1) is 14.2. The van der Waals surface area contributed by atoms with Crippen LogP contribution in [0.2, 0.25) is 0 Å². The minimum atomic E-state index is -0.189. The maximum Gasteiger partial charge on any atom is 0.327 e. The van der Waals surface area contributed by atoms with Crippen molar-refractivity contribution in [2.24, 2.45) is 0 Å². The fourth-order valence-electron chi connectivity index (χ4n) is 3.95. The van der Waals surface area contributed by atoms with E-state index in [1.807, 2.05) is 31.2 Å². The number of nitrogens with zero attached hydrogens (tertiary/aromatic N) is 2. The van der Waals surface area contributed by atoms with Crippen molar-refractivity contribution in [3.63, 3.8) is 0 Å². The van der Waals surface area contributed by atoms with E-state index >= 15 is 0 Å². The number of para-hydroxylation sites is 2. The summed E-state index contributed by atoms with van der Waals surface area (Å²) in [7, 11) is 0. The van der Waals surface area contributed by atoms with Gasteiger partial charge in [-0.25, -0.2) is 4.79 Å². The van der Waals surface area contributed by atoms with Gasteiger partial charge in [-0.05, 0) is 57.7 Å². The van der Waals surface area contributed by atoms with E-state index in [9.17, 15) is 9.59 Å². The third-order valence-electron chi connectivity index (χ3n) is 5.45. The Balaban J connectivity index is 1.24. The molecule has 1 atom stereocenters. The Kier molecular flexibility index (Phi) is 8.16. The summed E-state index contributed by atoms with van der Waals surface area (Å²) >= 11 is 0. The van der Waals surface area contributed by atoms with Gasteiger partial charge in [0.05, 0.1) is 6.61 Å². The number of unbranched alkanes of at least 4 members (excludes halogenated alkanes) is 2. The average Bonchev–Trinajstić information content (AvgIpc) is 2.99. The lowest BCUT2D eigenvalue weighted by molar-refractivity contribution is -0.128. The number of nitrogens with one attached hydrogen (secondary N) is 1. The molecular formula is C22H33N3O4. The van der Waals surface area contributed by atoms with E-state index < -0.39 is 0 Å². The molecule has 0 radical (unpaired) electrons. The van der Waals surface area contributed by atoms with Gasteiger partial charge in [-0.3, -0.25) is 9.69 Å². The smallest absolute Gasteiger partial charge is 0.327 e. The summed E-state index contributed by atoms with van der Waals surface area (Å²) in [6, 6.07) is 7.43. The number of rotatable bonds is 12. The molecular weight excluding hydrogens is 370 g/mol. The van der Waals surface area contributed by atoms with Crippen LogP contribution in [0.25, 0.3) is 0 Å². The van der Waals surface area contributed by atoms with E-state index in [1.54, 1.807) is 4.90 Å². The first-order valence-electron chi connectivity index (χ1n) is 10.9. The molecule has 160 valence electrons. The average molecular weight is 404 g/mol. The summed E-state index contributed by atoms with van der Waals surface area (Å²) < 4.78 is 11.3. The predicted octanol–water partition coefficient (Wildman–Crippen LogP) is 3.04. The van der Waals surface area contributed by atoms with E-state index in [-0.39, 0.29) is 18.0 Å². The Morgan fingerprint density at radius 1 is 1.03 bits per heavy atom. The number of imide groups is 1. The fraction of sp³-hybridized carbons (Fsp3) is 0.636. The van der Waals surface area contributed by atoms with Crippen molar-refractivity contribution in [3.8, 4) is 11.5 Å². The minimum absolute atomic E-state index is 0.0114. The molecule has 1 unspecified atom stereocenters. The van der Waals surface area contributed by atoms with Gasteiger partial charge in [-0.15, -0.1) is 0 Å². The van der Waals surface area contributed by atoms with Crippen molar-refractivity contribution in [3.05, 3.63) is 24.3 Å². The summed E-state index contributed by atoms with van der Waals surface area (Å²) in [6.07, 6.45) is 5.73. The molecule has 0 bridgehead atoms. The normalized spacial score (nSPS) is 18.9. The number of benzene rings is 1. The number of carbonyl (C=O) groups excluding carboxylic acids is 2. The Hall–Kier alpha value is -2.28. The van der Waals surface area contributed by atoms with E-state index in [4.69, 9.17) is 9.47 Å². The number of urea groups is 1. The van der Waals surface area contributed by atoms with Crippen LogP contribution in [0.15, 0.2) is 24.3 Å². The molecule has 0 aromatic heterocycles. The molecule has 1 aromatic rings. The molecule has 3 amide bonds. The van der Waals surface area contributed by atoms with Gasteiger partial charge in [-0.1, -0.05) is 18.6 Å². The van der Waals surface area contributed by atoms with Gasteiger partial charge in [-0.2, -0.15) is 0 Å². The quantitative estimate of drug-likeness (QED) is 0.429. The molecule has 1 N–H and O–H groups in total. The zero-order chi connectivity index (χ0) is 20.5. The van der Waals surface area contributed by atoms with Crippen LogP contribution < -0.4 is 14.8 Å². The molecule has 2 fully saturated rings. The van der Waals surface area contributed by atoms with Gasteiger partial charge in [0.15, 0.2) is 11.5 Å².